The lowest BCUT2D eigenvalue weighted by molar-refractivity contribution is 0.0972. The van der Waals surface area contributed by atoms with E-state index in [0.717, 1.165) is 45.6 Å². The number of amides is 1. The maximum absolute atomic E-state index is 11.8. The van der Waals surface area contributed by atoms with Crippen LogP contribution >= 0.6 is 17.0 Å². The van der Waals surface area contributed by atoms with E-state index in [1.165, 1.54) is 0 Å². The zero-order chi connectivity index (χ0) is 15.1. The molecule has 1 rings (SSSR count). The van der Waals surface area contributed by atoms with Crippen LogP contribution < -0.4 is 0 Å². The summed E-state index contributed by atoms with van der Waals surface area (Å²) in [6.07, 6.45) is 2.08. The number of carbonyl (C=O) groups is 1. The van der Waals surface area contributed by atoms with E-state index in [-0.39, 0.29) is 29.2 Å². The largest absolute Gasteiger partial charge is 0.443 e. The number of hydrogen-bond donors (Lipinski definition) is 0. The molecule has 0 spiro atoms. The fraction of sp³-hybridized carbons (Fsp3) is 0.938. The molecule has 1 heterocycles. The molecule has 1 unspecified atom stereocenters. The molecule has 0 aromatic carbocycles. The van der Waals surface area contributed by atoms with Crippen LogP contribution in [0.25, 0.3) is 0 Å². The Morgan fingerprint density at radius 2 is 1.81 bits per heavy atom. The lowest BCUT2D eigenvalue weighted by atomic mass is 10.1. The van der Waals surface area contributed by atoms with Gasteiger partial charge in [-0.15, -0.1) is 17.0 Å². The normalized spacial score (nSPS) is 18.6. The third-order valence-electron chi connectivity index (χ3n) is 3.44. The van der Waals surface area contributed by atoms with Crippen LogP contribution in [-0.2, 0) is 4.74 Å². The molecule has 0 radical (unpaired) electrons. The van der Waals surface area contributed by atoms with Crippen molar-refractivity contribution in [3.8, 4) is 0 Å². The second-order valence-corrected chi connectivity index (χ2v) is 6.81. The molecule has 0 aromatic rings. The van der Waals surface area contributed by atoms with Gasteiger partial charge in [0.05, 0.1) is 6.54 Å². The van der Waals surface area contributed by atoms with Crippen molar-refractivity contribution in [3.63, 3.8) is 0 Å². The van der Waals surface area contributed by atoms with E-state index in [1.807, 2.05) is 4.90 Å². The molecule has 1 saturated heterocycles. The molecule has 0 aromatic heterocycles. The summed E-state index contributed by atoms with van der Waals surface area (Å²) in [4.78, 5) is 16.1. The summed E-state index contributed by atoms with van der Waals surface area (Å²) < 4.78 is 5.51. The molecule has 21 heavy (non-hydrogen) atoms. The SMILES string of the molecule is Br.CCCCN1CC(CN(CC(C)C)CC(C)C)OC1=O. The third-order valence-corrected chi connectivity index (χ3v) is 3.44. The number of rotatable bonds is 9. The van der Waals surface area contributed by atoms with Crippen LogP contribution in [0.5, 0.6) is 0 Å². The van der Waals surface area contributed by atoms with E-state index in [1.54, 1.807) is 0 Å². The standard InChI is InChI=1S/C16H32N2O2.BrH/c1-6-7-8-18-12-15(20-16(18)19)11-17(9-13(2)3)10-14(4)5;/h13-15H,6-12H2,1-5H3;1H. The first-order valence-corrected chi connectivity index (χ1v) is 8.10. The molecule has 0 N–H and O–H groups in total. The highest BCUT2D eigenvalue weighted by Crippen LogP contribution is 2.15. The summed E-state index contributed by atoms with van der Waals surface area (Å²) in [6, 6.07) is 0. The van der Waals surface area contributed by atoms with Crippen molar-refractivity contribution in [3.05, 3.63) is 0 Å². The lowest BCUT2D eigenvalue weighted by Gasteiger charge is -2.27. The van der Waals surface area contributed by atoms with Crippen molar-refractivity contribution in [1.29, 1.82) is 0 Å². The topological polar surface area (TPSA) is 32.8 Å². The Bertz CT molecular complexity index is 288. The van der Waals surface area contributed by atoms with Gasteiger partial charge < -0.3 is 9.64 Å². The zero-order valence-corrected chi connectivity index (χ0v) is 16.0. The van der Waals surface area contributed by atoms with Crippen molar-refractivity contribution in [1.82, 2.24) is 9.80 Å². The van der Waals surface area contributed by atoms with E-state index in [9.17, 15) is 4.79 Å². The van der Waals surface area contributed by atoms with Gasteiger partial charge in [0.1, 0.15) is 6.10 Å². The average Bonchev–Trinajstić information content (AvgIpc) is 2.65. The van der Waals surface area contributed by atoms with Crippen LogP contribution in [0.1, 0.15) is 47.5 Å². The van der Waals surface area contributed by atoms with Crippen LogP contribution in [0.4, 0.5) is 4.79 Å². The predicted octanol–water partition coefficient (Wildman–Crippen LogP) is 3.80. The average molecular weight is 365 g/mol. The van der Waals surface area contributed by atoms with E-state index in [4.69, 9.17) is 4.74 Å². The summed E-state index contributed by atoms with van der Waals surface area (Å²) >= 11 is 0. The van der Waals surface area contributed by atoms with Gasteiger partial charge in [0.2, 0.25) is 0 Å². The molecule has 1 fully saturated rings. The first-order chi connectivity index (χ1) is 9.42. The van der Waals surface area contributed by atoms with Crippen LogP contribution in [0.3, 0.4) is 0 Å². The predicted molar refractivity (Wildman–Crippen MR) is 93.2 cm³/mol. The highest BCUT2D eigenvalue weighted by atomic mass is 79.9. The zero-order valence-electron chi connectivity index (χ0n) is 14.3. The second kappa shape index (κ2) is 10.4. The van der Waals surface area contributed by atoms with Gasteiger partial charge in [0.25, 0.3) is 0 Å². The van der Waals surface area contributed by atoms with E-state index in [0.29, 0.717) is 11.8 Å². The van der Waals surface area contributed by atoms with Gasteiger partial charge in [0, 0.05) is 26.2 Å². The molecular weight excluding hydrogens is 332 g/mol. The molecule has 0 saturated carbocycles. The third kappa shape index (κ3) is 8.05. The van der Waals surface area contributed by atoms with Gasteiger partial charge in [-0.2, -0.15) is 0 Å². The Balaban J connectivity index is 0.00000400. The number of unbranched alkanes of at least 4 members (excludes halogenated alkanes) is 1. The summed E-state index contributed by atoms with van der Waals surface area (Å²) in [5.74, 6) is 1.28. The monoisotopic (exact) mass is 364 g/mol. The Labute approximate surface area is 141 Å². The Morgan fingerprint density at radius 1 is 1.24 bits per heavy atom. The molecule has 126 valence electrons. The molecule has 1 amide bonds. The summed E-state index contributed by atoms with van der Waals surface area (Å²) in [5.41, 5.74) is 0. The fourth-order valence-corrected chi connectivity index (χ4v) is 2.75. The molecule has 1 atom stereocenters. The minimum atomic E-state index is -0.127. The van der Waals surface area contributed by atoms with Crippen molar-refractivity contribution in [2.45, 2.75) is 53.6 Å². The lowest BCUT2D eigenvalue weighted by Crippen LogP contribution is -2.39. The Morgan fingerprint density at radius 3 is 2.29 bits per heavy atom. The number of carbonyl (C=O) groups excluding carboxylic acids is 1. The van der Waals surface area contributed by atoms with Gasteiger partial charge in [-0.1, -0.05) is 41.0 Å². The molecule has 1 aliphatic rings. The molecule has 4 nitrogen and oxygen atoms in total. The first-order valence-electron chi connectivity index (χ1n) is 8.10. The van der Waals surface area contributed by atoms with Crippen molar-refractivity contribution < 1.29 is 9.53 Å². The van der Waals surface area contributed by atoms with Crippen LogP contribution in [0.15, 0.2) is 0 Å². The van der Waals surface area contributed by atoms with Crippen molar-refractivity contribution in [2.75, 3.05) is 32.7 Å². The molecular formula is C16H33BrN2O2. The van der Waals surface area contributed by atoms with Crippen LogP contribution in [0.2, 0.25) is 0 Å². The van der Waals surface area contributed by atoms with Gasteiger partial charge in [-0.05, 0) is 18.3 Å². The molecule has 5 heteroatoms. The fourth-order valence-electron chi connectivity index (χ4n) is 2.75. The molecule has 1 aliphatic heterocycles. The van der Waals surface area contributed by atoms with Crippen LogP contribution in [-0.4, -0.2) is 54.7 Å². The molecule has 0 bridgehead atoms. The Kier molecular flexibility index (Phi) is 10.3. The maximum Gasteiger partial charge on any atom is 0.410 e. The molecule has 0 aliphatic carbocycles. The van der Waals surface area contributed by atoms with Gasteiger partial charge in [0.15, 0.2) is 0 Å². The highest BCUT2D eigenvalue weighted by molar-refractivity contribution is 8.93. The van der Waals surface area contributed by atoms with E-state index in [2.05, 4.69) is 39.5 Å². The Hall–Kier alpha value is -0.290. The number of ether oxygens (including phenoxy) is 1. The van der Waals surface area contributed by atoms with Gasteiger partial charge in [-0.3, -0.25) is 4.90 Å². The van der Waals surface area contributed by atoms with Crippen molar-refractivity contribution in [2.24, 2.45) is 11.8 Å². The summed E-state index contributed by atoms with van der Waals surface area (Å²) in [7, 11) is 0. The first kappa shape index (κ1) is 20.7. The second-order valence-electron chi connectivity index (χ2n) is 6.81. The van der Waals surface area contributed by atoms with Crippen molar-refractivity contribution >= 4 is 23.1 Å². The summed E-state index contributed by atoms with van der Waals surface area (Å²) in [5, 5.41) is 0. The number of nitrogens with zero attached hydrogens (tertiary/aromatic N) is 2. The quantitative estimate of drug-likeness (QED) is 0.623. The summed E-state index contributed by atoms with van der Waals surface area (Å²) in [6.45, 7) is 15.7. The van der Waals surface area contributed by atoms with Gasteiger partial charge >= 0.3 is 6.09 Å². The number of hydrogen-bond acceptors (Lipinski definition) is 3. The number of halogens is 1. The van der Waals surface area contributed by atoms with E-state index >= 15 is 0 Å². The minimum Gasteiger partial charge on any atom is -0.443 e. The highest BCUT2D eigenvalue weighted by Gasteiger charge is 2.31. The van der Waals surface area contributed by atoms with E-state index < -0.39 is 0 Å². The maximum atomic E-state index is 11.8. The van der Waals surface area contributed by atoms with Gasteiger partial charge in [-0.25, -0.2) is 4.79 Å². The number of cyclic esters (lactones) is 1. The minimum absolute atomic E-state index is 0. The van der Waals surface area contributed by atoms with Crippen LogP contribution in [0, 0.1) is 11.8 Å². The smallest absolute Gasteiger partial charge is 0.410 e.